The molecule has 3 aromatic rings. The summed E-state index contributed by atoms with van der Waals surface area (Å²) in [4.78, 5) is 17.1. The van der Waals surface area contributed by atoms with Crippen molar-refractivity contribution in [1.29, 1.82) is 0 Å². The van der Waals surface area contributed by atoms with Crippen molar-refractivity contribution in [3.05, 3.63) is 101 Å². The van der Waals surface area contributed by atoms with Crippen molar-refractivity contribution in [3.8, 4) is 5.75 Å². The second-order valence-electron chi connectivity index (χ2n) is 12.0. The minimum atomic E-state index is -0.431. The number of fused-ring (bicyclic) bond motifs is 2. The van der Waals surface area contributed by atoms with Crippen LogP contribution in [-0.4, -0.2) is 66.2 Å². The second kappa shape index (κ2) is 12.7. The average Bonchev–Trinajstić information content (AvgIpc) is 3.39. The van der Waals surface area contributed by atoms with E-state index >= 15 is 0 Å². The first-order chi connectivity index (χ1) is 20.5. The predicted molar refractivity (Wildman–Crippen MR) is 164 cm³/mol. The number of carbonyl (C=O) groups excluding carboxylic acids is 1. The minimum absolute atomic E-state index is 0.0641. The summed E-state index contributed by atoms with van der Waals surface area (Å²) in [5, 5.41) is 14.7. The molecule has 2 fully saturated rings. The van der Waals surface area contributed by atoms with Crippen LogP contribution in [0.4, 0.5) is 10.1 Å². The van der Waals surface area contributed by atoms with Crippen molar-refractivity contribution in [2.24, 2.45) is 5.92 Å². The number of halogens is 1. The number of aliphatic hydroxyl groups excluding tert-OH is 1. The third-order valence-corrected chi connectivity index (χ3v) is 9.38. The summed E-state index contributed by atoms with van der Waals surface area (Å²) in [6.45, 7) is 5.23. The zero-order valence-corrected chi connectivity index (χ0v) is 24.1. The Hall–Kier alpha value is -3.68. The Balaban J connectivity index is 0.952. The molecule has 6 nitrogen and oxygen atoms in total. The smallest absolute Gasteiger partial charge is 0.246 e. The Morgan fingerprint density at radius 3 is 2.55 bits per heavy atom. The Morgan fingerprint density at radius 1 is 1.02 bits per heavy atom. The first-order valence-corrected chi connectivity index (χ1v) is 15.2. The van der Waals surface area contributed by atoms with Crippen molar-refractivity contribution >= 4 is 17.7 Å². The number of nitrogens with one attached hydrogen (secondary N) is 1. The summed E-state index contributed by atoms with van der Waals surface area (Å²) in [6, 6.07) is 22.9. The van der Waals surface area contributed by atoms with Gasteiger partial charge in [-0.2, -0.15) is 0 Å². The summed E-state index contributed by atoms with van der Waals surface area (Å²) in [6.07, 6.45) is 6.68. The zero-order chi connectivity index (χ0) is 28.9. The van der Waals surface area contributed by atoms with Crippen LogP contribution in [0.2, 0.25) is 0 Å². The molecular formula is C35H40FN3O3. The van der Waals surface area contributed by atoms with Crippen molar-refractivity contribution in [2.45, 2.75) is 43.8 Å². The van der Waals surface area contributed by atoms with Crippen LogP contribution in [0.25, 0.3) is 6.08 Å². The molecule has 42 heavy (non-hydrogen) atoms. The summed E-state index contributed by atoms with van der Waals surface area (Å²) in [5.41, 5.74) is 4.61. The average molecular weight is 570 g/mol. The third kappa shape index (κ3) is 6.37. The molecule has 7 heteroatoms. The summed E-state index contributed by atoms with van der Waals surface area (Å²) >= 11 is 0. The first kappa shape index (κ1) is 28.4. The maximum Gasteiger partial charge on any atom is 0.246 e. The highest BCUT2D eigenvalue weighted by Crippen LogP contribution is 2.43. The number of hydrogen-bond acceptors (Lipinski definition) is 5. The third-order valence-electron chi connectivity index (χ3n) is 9.38. The van der Waals surface area contributed by atoms with Gasteiger partial charge in [-0.25, -0.2) is 4.39 Å². The molecule has 0 aromatic heterocycles. The quantitative estimate of drug-likeness (QED) is 0.352. The molecule has 3 heterocycles. The van der Waals surface area contributed by atoms with Gasteiger partial charge in [0.1, 0.15) is 6.61 Å². The number of piperidine rings is 2. The molecule has 3 aliphatic rings. The molecule has 1 atom stereocenters. The number of nitrogens with zero attached hydrogens (tertiary/aromatic N) is 2. The fourth-order valence-corrected chi connectivity index (χ4v) is 6.73. The van der Waals surface area contributed by atoms with E-state index in [1.165, 1.54) is 17.3 Å². The number of ether oxygens (including phenoxy) is 1. The van der Waals surface area contributed by atoms with Crippen LogP contribution in [0.15, 0.2) is 78.9 Å². The van der Waals surface area contributed by atoms with Gasteiger partial charge in [0.25, 0.3) is 0 Å². The summed E-state index contributed by atoms with van der Waals surface area (Å²) in [7, 11) is 0. The van der Waals surface area contributed by atoms with Gasteiger partial charge >= 0.3 is 0 Å². The molecule has 3 aromatic carbocycles. The van der Waals surface area contributed by atoms with Gasteiger partial charge in [0.2, 0.25) is 5.91 Å². The Morgan fingerprint density at radius 2 is 1.76 bits per heavy atom. The van der Waals surface area contributed by atoms with Gasteiger partial charge in [0.15, 0.2) is 11.6 Å². The SMILES string of the molecule is O=C(/C=C/c1ccc(F)c(OCc2ccccc2)c1)N1CCC(C(O)CN2CCC3(CC2)CNc2ccccc23)CC1. The molecule has 1 amide bonds. The lowest BCUT2D eigenvalue weighted by Gasteiger charge is -2.41. The number of benzene rings is 3. The molecule has 0 bridgehead atoms. The fourth-order valence-electron chi connectivity index (χ4n) is 6.73. The normalized spacial score (nSPS) is 19.5. The van der Waals surface area contributed by atoms with Gasteiger partial charge in [-0.05, 0) is 85.7 Å². The zero-order valence-electron chi connectivity index (χ0n) is 24.1. The lowest BCUT2D eigenvalue weighted by molar-refractivity contribution is -0.128. The van der Waals surface area contributed by atoms with Crippen molar-refractivity contribution in [3.63, 3.8) is 0 Å². The van der Waals surface area contributed by atoms with E-state index in [4.69, 9.17) is 4.74 Å². The molecule has 0 radical (unpaired) electrons. The topological polar surface area (TPSA) is 65.0 Å². The molecule has 6 rings (SSSR count). The molecule has 3 aliphatic heterocycles. The molecule has 0 aliphatic carbocycles. The van der Waals surface area contributed by atoms with Crippen LogP contribution < -0.4 is 10.1 Å². The number of hydrogen-bond donors (Lipinski definition) is 2. The van der Waals surface area contributed by atoms with Gasteiger partial charge in [-0.1, -0.05) is 54.6 Å². The second-order valence-corrected chi connectivity index (χ2v) is 12.0. The Labute approximate surface area is 247 Å². The summed E-state index contributed by atoms with van der Waals surface area (Å²) in [5.74, 6) is -0.133. The number of amides is 1. The lowest BCUT2D eigenvalue weighted by atomic mass is 9.74. The number of carbonyl (C=O) groups is 1. The molecule has 1 unspecified atom stereocenters. The van der Waals surface area contributed by atoms with E-state index in [-0.39, 0.29) is 35.7 Å². The first-order valence-electron chi connectivity index (χ1n) is 15.2. The van der Waals surface area contributed by atoms with Crippen molar-refractivity contribution in [2.75, 3.05) is 44.6 Å². The van der Waals surface area contributed by atoms with Crippen LogP contribution in [0, 0.1) is 11.7 Å². The molecule has 1 spiro atoms. The minimum Gasteiger partial charge on any atom is -0.486 e. The monoisotopic (exact) mass is 569 g/mol. The van der Waals surface area contributed by atoms with Crippen LogP contribution in [0.1, 0.15) is 42.4 Å². The summed E-state index contributed by atoms with van der Waals surface area (Å²) < 4.78 is 20.0. The Bertz CT molecular complexity index is 1400. The van der Waals surface area contributed by atoms with Crippen molar-refractivity contribution < 1.29 is 19.0 Å². The number of likely N-dealkylation sites (tertiary alicyclic amines) is 2. The largest absolute Gasteiger partial charge is 0.486 e. The van der Waals surface area contributed by atoms with E-state index in [0.29, 0.717) is 25.2 Å². The molecule has 220 valence electrons. The molecule has 0 saturated carbocycles. The number of anilines is 1. The predicted octanol–water partition coefficient (Wildman–Crippen LogP) is 5.48. The van der Waals surface area contributed by atoms with Crippen LogP contribution >= 0.6 is 0 Å². The van der Waals surface area contributed by atoms with E-state index in [9.17, 15) is 14.3 Å². The maximum atomic E-state index is 14.3. The fraction of sp³-hybridized carbons (Fsp3) is 0.400. The lowest BCUT2D eigenvalue weighted by Crippen LogP contribution is -2.48. The van der Waals surface area contributed by atoms with Gasteiger partial charge in [0, 0.05) is 43.4 Å². The van der Waals surface area contributed by atoms with E-state index in [0.717, 1.165) is 50.9 Å². The Kier molecular flexibility index (Phi) is 8.58. The van der Waals surface area contributed by atoms with Crippen molar-refractivity contribution in [1.82, 2.24) is 9.80 Å². The van der Waals surface area contributed by atoms with E-state index in [1.807, 2.05) is 35.2 Å². The van der Waals surface area contributed by atoms with E-state index in [2.05, 4.69) is 34.5 Å². The van der Waals surface area contributed by atoms with Gasteiger partial charge < -0.3 is 25.0 Å². The van der Waals surface area contributed by atoms with Gasteiger partial charge in [0.05, 0.1) is 6.10 Å². The van der Waals surface area contributed by atoms with Crippen LogP contribution in [0.5, 0.6) is 5.75 Å². The number of aliphatic hydroxyl groups is 1. The number of β-amino-alcohol motifs (C(OH)–C–C–N with tert-alkyl or cyclic N) is 1. The van der Waals surface area contributed by atoms with E-state index < -0.39 is 5.82 Å². The van der Waals surface area contributed by atoms with Crippen LogP contribution in [0.3, 0.4) is 0 Å². The molecule has 2 N–H and O–H groups in total. The standard InChI is InChI=1S/C35H40FN3O3/c36-30-12-10-26(22-33(30)42-24-27-6-2-1-3-7-27)11-13-34(41)39-18-14-28(15-19-39)32(40)23-38-20-16-35(17-21-38)25-37-31-9-5-4-8-29(31)35/h1-13,22,28,32,37,40H,14-21,23-25H2/b13-11+. The highest BCUT2D eigenvalue weighted by atomic mass is 19.1. The van der Waals surface area contributed by atoms with Crippen LogP contribution in [-0.2, 0) is 16.8 Å². The maximum absolute atomic E-state index is 14.3. The molecular weight excluding hydrogens is 529 g/mol. The van der Waals surface area contributed by atoms with E-state index in [1.54, 1.807) is 24.3 Å². The van der Waals surface area contributed by atoms with Gasteiger partial charge in [-0.15, -0.1) is 0 Å². The number of para-hydroxylation sites is 1. The van der Waals surface area contributed by atoms with Gasteiger partial charge in [-0.3, -0.25) is 4.79 Å². The molecule has 2 saturated heterocycles. The number of rotatable bonds is 8. The highest BCUT2D eigenvalue weighted by molar-refractivity contribution is 5.91. The highest BCUT2D eigenvalue weighted by Gasteiger charge is 2.41.